The van der Waals surface area contributed by atoms with Crippen LogP contribution in [0.4, 0.5) is 0 Å². The Hall–Kier alpha value is -1.59. The summed E-state index contributed by atoms with van der Waals surface area (Å²) in [5, 5.41) is 3.05. The standard InChI is InChI=1S/C16H24N2O3/c1-18(2)16(8-10-21-11-9-16)12-17-15(19)13-6-4-5-7-14(13)20-3/h4-7H,8-12H2,1-3H3,(H,17,19). The lowest BCUT2D eigenvalue weighted by molar-refractivity contribution is -0.00659. The van der Waals surface area contributed by atoms with E-state index in [1.165, 1.54) is 0 Å². The van der Waals surface area contributed by atoms with Crippen molar-refractivity contribution in [1.82, 2.24) is 10.2 Å². The van der Waals surface area contributed by atoms with Crippen LogP contribution in [0, 0.1) is 0 Å². The van der Waals surface area contributed by atoms with Gasteiger partial charge < -0.3 is 19.7 Å². The number of carbonyl (C=O) groups is 1. The van der Waals surface area contributed by atoms with Gasteiger partial charge in [0, 0.05) is 25.3 Å². The Kier molecular flexibility index (Phi) is 5.20. The van der Waals surface area contributed by atoms with Gasteiger partial charge in [-0.15, -0.1) is 0 Å². The number of carbonyl (C=O) groups excluding carboxylic acids is 1. The number of benzene rings is 1. The Morgan fingerprint density at radius 1 is 1.33 bits per heavy atom. The highest BCUT2D eigenvalue weighted by molar-refractivity contribution is 5.96. The first-order chi connectivity index (χ1) is 10.1. The summed E-state index contributed by atoms with van der Waals surface area (Å²) in [6.07, 6.45) is 1.85. The summed E-state index contributed by atoms with van der Waals surface area (Å²) in [6, 6.07) is 7.27. The fraction of sp³-hybridized carbons (Fsp3) is 0.562. The van der Waals surface area contributed by atoms with E-state index in [0.717, 1.165) is 26.1 Å². The van der Waals surface area contributed by atoms with Gasteiger partial charge in [-0.25, -0.2) is 0 Å². The normalized spacial score (nSPS) is 17.5. The monoisotopic (exact) mass is 292 g/mol. The SMILES string of the molecule is COc1ccccc1C(=O)NCC1(N(C)C)CCOCC1. The van der Waals surface area contributed by atoms with Crippen molar-refractivity contribution in [3.05, 3.63) is 29.8 Å². The van der Waals surface area contributed by atoms with Gasteiger partial charge in [-0.3, -0.25) is 4.79 Å². The summed E-state index contributed by atoms with van der Waals surface area (Å²) in [5.41, 5.74) is 0.539. The highest BCUT2D eigenvalue weighted by Crippen LogP contribution is 2.25. The first kappa shape index (κ1) is 15.8. The lowest BCUT2D eigenvalue weighted by Gasteiger charge is -2.42. The van der Waals surface area contributed by atoms with Crippen molar-refractivity contribution in [1.29, 1.82) is 0 Å². The van der Waals surface area contributed by atoms with Crippen molar-refractivity contribution >= 4 is 5.91 Å². The van der Waals surface area contributed by atoms with Gasteiger partial charge in [0.05, 0.1) is 12.7 Å². The summed E-state index contributed by atoms with van der Waals surface area (Å²) in [6.45, 7) is 2.09. The van der Waals surface area contributed by atoms with Crippen molar-refractivity contribution in [2.24, 2.45) is 0 Å². The zero-order valence-electron chi connectivity index (χ0n) is 13.0. The molecule has 5 heteroatoms. The third-order valence-electron chi connectivity index (χ3n) is 4.30. The number of nitrogens with zero attached hydrogens (tertiary/aromatic N) is 1. The fourth-order valence-corrected chi connectivity index (χ4v) is 2.71. The van der Waals surface area contributed by atoms with Crippen LogP contribution in [0.15, 0.2) is 24.3 Å². The largest absolute Gasteiger partial charge is 0.496 e. The van der Waals surface area contributed by atoms with Gasteiger partial charge in [0.2, 0.25) is 0 Å². The van der Waals surface area contributed by atoms with Crippen molar-refractivity contribution < 1.29 is 14.3 Å². The molecule has 2 rings (SSSR count). The number of likely N-dealkylation sites (N-methyl/N-ethyl adjacent to an activating group) is 1. The minimum Gasteiger partial charge on any atom is -0.496 e. The molecule has 1 aromatic carbocycles. The Morgan fingerprint density at radius 3 is 2.62 bits per heavy atom. The van der Waals surface area contributed by atoms with Crippen molar-refractivity contribution in [2.75, 3.05) is 41.0 Å². The molecule has 0 radical (unpaired) electrons. The van der Waals surface area contributed by atoms with E-state index in [1.807, 2.05) is 12.1 Å². The van der Waals surface area contributed by atoms with Crippen LogP contribution in [0.3, 0.4) is 0 Å². The zero-order chi connectivity index (χ0) is 15.3. The van der Waals surface area contributed by atoms with E-state index in [0.29, 0.717) is 17.9 Å². The summed E-state index contributed by atoms with van der Waals surface area (Å²) in [4.78, 5) is 14.6. The molecule has 0 unspecified atom stereocenters. The number of amides is 1. The van der Waals surface area contributed by atoms with Crippen molar-refractivity contribution in [3.63, 3.8) is 0 Å². The van der Waals surface area contributed by atoms with E-state index in [2.05, 4.69) is 24.3 Å². The quantitative estimate of drug-likeness (QED) is 0.894. The average Bonchev–Trinajstić information content (AvgIpc) is 2.53. The summed E-state index contributed by atoms with van der Waals surface area (Å²) < 4.78 is 10.7. The van der Waals surface area contributed by atoms with E-state index in [1.54, 1.807) is 19.2 Å². The fourth-order valence-electron chi connectivity index (χ4n) is 2.71. The van der Waals surface area contributed by atoms with Crippen LogP contribution in [0.5, 0.6) is 5.75 Å². The molecule has 0 aromatic heterocycles. The highest BCUT2D eigenvalue weighted by atomic mass is 16.5. The number of rotatable bonds is 5. The molecule has 0 aliphatic carbocycles. The Bertz CT molecular complexity index is 482. The van der Waals surface area contributed by atoms with E-state index in [9.17, 15) is 4.79 Å². The van der Waals surface area contributed by atoms with Crippen molar-refractivity contribution in [2.45, 2.75) is 18.4 Å². The predicted octanol–water partition coefficient (Wildman–Crippen LogP) is 1.54. The van der Waals surface area contributed by atoms with Crippen LogP contribution in [-0.2, 0) is 4.74 Å². The second kappa shape index (κ2) is 6.91. The molecule has 116 valence electrons. The average molecular weight is 292 g/mol. The number of hydrogen-bond acceptors (Lipinski definition) is 4. The van der Waals surface area contributed by atoms with Crippen LogP contribution < -0.4 is 10.1 Å². The molecule has 1 fully saturated rings. The van der Waals surface area contributed by atoms with Crippen LogP contribution in [0.2, 0.25) is 0 Å². The van der Waals surface area contributed by atoms with E-state index in [-0.39, 0.29) is 11.4 Å². The molecule has 21 heavy (non-hydrogen) atoms. The van der Waals surface area contributed by atoms with Gasteiger partial charge >= 0.3 is 0 Å². The van der Waals surface area contributed by atoms with Gasteiger partial charge in [0.25, 0.3) is 5.91 Å². The maximum atomic E-state index is 12.4. The number of para-hydroxylation sites is 1. The predicted molar refractivity (Wildman–Crippen MR) is 81.8 cm³/mol. The van der Waals surface area contributed by atoms with Gasteiger partial charge in [-0.1, -0.05) is 12.1 Å². The zero-order valence-corrected chi connectivity index (χ0v) is 13.0. The topological polar surface area (TPSA) is 50.8 Å². The molecule has 0 spiro atoms. The van der Waals surface area contributed by atoms with Crippen molar-refractivity contribution in [3.8, 4) is 5.75 Å². The number of nitrogens with one attached hydrogen (secondary N) is 1. The second-order valence-electron chi connectivity index (χ2n) is 5.61. The molecule has 1 aromatic rings. The van der Waals surface area contributed by atoms with Gasteiger partial charge in [0.1, 0.15) is 5.75 Å². The smallest absolute Gasteiger partial charge is 0.255 e. The Labute approximate surface area is 126 Å². The van der Waals surface area contributed by atoms with E-state index in [4.69, 9.17) is 9.47 Å². The molecular formula is C16H24N2O3. The summed E-state index contributed by atoms with van der Waals surface area (Å²) >= 11 is 0. The minimum atomic E-state index is -0.0971. The number of methoxy groups -OCH3 is 1. The molecule has 5 nitrogen and oxygen atoms in total. The molecular weight excluding hydrogens is 268 g/mol. The Balaban J connectivity index is 2.05. The maximum absolute atomic E-state index is 12.4. The van der Waals surface area contributed by atoms with Crippen LogP contribution in [0.25, 0.3) is 0 Å². The molecule has 0 saturated carbocycles. The first-order valence-corrected chi connectivity index (χ1v) is 7.25. The number of ether oxygens (including phenoxy) is 2. The molecule has 1 saturated heterocycles. The maximum Gasteiger partial charge on any atom is 0.255 e. The highest BCUT2D eigenvalue weighted by Gasteiger charge is 2.35. The van der Waals surface area contributed by atoms with E-state index >= 15 is 0 Å². The van der Waals surface area contributed by atoms with Gasteiger partial charge in [0.15, 0.2) is 0 Å². The molecule has 0 bridgehead atoms. The second-order valence-corrected chi connectivity index (χ2v) is 5.61. The van der Waals surface area contributed by atoms with Crippen LogP contribution in [0.1, 0.15) is 23.2 Å². The molecule has 1 amide bonds. The first-order valence-electron chi connectivity index (χ1n) is 7.25. The minimum absolute atomic E-state index is 0.0318. The number of hydrogen-bond donors (Lipinski definition) is 1. The molecule has 1 aliphatic rings. The Morgan fingerprint density at radius 2 is 2.00 bits per heavy atom. The molecule has 1 aliphatic heterocycles. The third-order valence-corrected chi connectivity index (χ3v) is 4.30. The van der Waals surface area contributed by atoms with Crippen LogP contribution >= 0.6 is 0 Å². The molecule has 0 atom stereocenters. The van der Waals surface area contributed by atoms with E-state index < -0.39 is 0 Å². The lowest BCUT2D eigenvalue weighted by atomic mass is 9.88. The van der Waals surface area contributed by atoms with Gasteiger partial charge in [-0.05, 0) is 39.1 Å². The molecule has 1 heterocycles. The van der Waals surface area contributed by atoms with Gasteiger partial charge in [-0.2, -0.15) is 0 Å². The van der Waals surface area contributed by atoms with Crippen LogP contribution in [-0.4, -0.2) is 57.3 Å². The third kappa shape index (κ3) is 3.54. The summed E-state index contributed by atoms with van der Waals surface area (Å²) in [5.74, 6) is 0.501. The lowest BCUT2D eigenvalue weighted by Crippen LogP contribution is -2.55. The summed E-state index contributed by atoms with van der Waals surface area (Å²) in [7, 11) is 5.69. The molecule has 1 N–H and O–H groups in total.